The SMILES string of the molecule is CC/C=C\C/C=C\C/C=C\C/C=C\CCCCCCCCCCCCCCCCCCCCC(=O)OCC(COC(=O)CCCCCCC/C=C\CCCCCC)OC(=O)CCCC/C=C\C/C=C\C/C=C\C/C=C\CC. The topological polar surface area (TPSA) is 78.9 Å². The number of carbonyl (C=O) groups is 3. The highest BCUT2D eigenvalue weighted by Gasteiger charge is 2.19. The van der Waals surface area contributed by atoms with E-state index in [1.807, 2.05) is 0 Å². The summed E-state index contributed by atoms with van der Waals surface area (Å²) >= 11 is 0. The van der Waals surface area contributed by atoms with Gasteiger partial charge in [0.05, 0.1) is 0 Å². The molecule has 440 valence electrons. The van der Waals surface area contributed by atoms with Crippen molar-refractivity contribution >= 4 is 17.9 Å². The number of carbonyl (C=O) groups excluding carboxylic acids is 3. The van der Waals surface area contributed by atoms with E-state index in [2.05, 4.69) is 130 Å². The highest BCUT2D eigenvalue weighted by Crippen LogP contribution is 2.16. The third kappa shape index (κ3) is 62.8. The maximum Gasteiger partial charge on any atom is 0.306 e. The Morgan fingerprint density at radius 1 is 0.273 bits per heavy atom. The molecule has 0 radical (unpaired) electrons. The first-order chi connectivity index (χ1) is 38.0. The van der Waals surface area contributed by atoms with Crippen molar-refractivity contribution in [2.75, 3.05) is 13.2 Å². The van der Waals surface area contributed by atoms with Crippen molar-refractivity contribution in [3.8, 4) is 0 Å². The van der Waals surface area contributed by atoms with Crippen molar-refractivity contribution in [2.24, 2.45) is 0 Å². The van der Waals surface area contributed by atoms with Gasteiger partial charge in [0.15, 0.2) is 6.10 Å². The van der Waals surface area contributed by atoms with Crippen molar-refractivity contribution in [3.63, 3.8) is 0 Å². The van der Waals surface area contributed by atoms with E-state index in [9.17, 15) is 14.4 Å². The predicted molar refractivity (Wildman–Crippen MR) is 334 cm³/mol. The van der Waals surface area contributed by atoms with Crippen molar-refractivity contribution in [1.29, 1.82) is 0 Å². The molecule has 1 unspecified atom stereocenters. The average molecular weight is 1070 g/mol. The second-order valence-electron chi connectivity index (χ2n) is 21.3. The predicted octanol–water partition coefficient (Wildman–Crippen LogP) is 22.2. The lowest BCUT2D eigenvalue weighted by atomic mass is 10.0. The minimum absolute atomic E-state index is 0.0956. The van der Waals surface area contributed by atoms with Gasteiger partial charge in [0, 0.05) is 19.3 Å². The molecule has 77 heavy (non-hydrogen) atoms. The fourth-order valence-electron chi connectivity index (χ4n) is 8.95. The van der Waals surface area contributed by atoms with Crippen LogP contribution in [0.4, 0.5) is 0 Å². The number of esters is 3. The molecule has 0 aromatic carbocycles. The summed E-state index contributed by atoms with van der Waals surface area (Å²) in [6.07, 6.45) is 88.3. The summed E-state index contributed by atoms with van der Waals surface area (Å²) in [4.78, 5) is 38.2. The van der Waals surface area contributed by atoms with Crippen LogP contribution in [0.15, 0.2) is 109 Å². The van der Waals surface area contributed by atoms with Crippen LogP contribution in [0.5, 0.6) is 0 Å². The smallest absolute Gasteiger partial charge is 0.306 e. The molecule has 0 N–H and O–H groups in total. The summed E-state index contributed by atoms with van der Waals surface area (Å²) < 4.78 is 16.9. The van der Waals surface area contributed by atoms with Gasteiger partial charge in [0.2, 0.25) is 0 Å². The highest BCUT2D eigenvalue weighted by molar-refractivity contribution is 5.71. The molecule has 0 bridgehead atoms. The van der Waals surface area contributed by atoms with Gasteiger partial charge in [-0.2, -0.15) is 0 Å². The third-order valence-electron chi connectivity index (χ3n) is 13.7. The van der Waals surface area contributed by atoms with E-state index in [4.69, 9.17) is 14.2 Å². The fraction of sp³-hybridized carbons (Fsp3) is 0.704. The second kappa shape index (κ2) is 64.6. The Labute approximate surface area is 476 Å². The summed E-state index contributed by atoms with van der Waals surface area (Å²) in [5, 5.41) is 0. The van der Waals surface area contributed by atoms with Crippen LogP contribution in [0.3, 0.4) is 0 Å². The van der Waals surface area contributed by atoms with Crippen LogP contribution in [0.1, 0.15) is 303 Å². The Kier molecular flexibility index (Phi) is 61.3. The van der Waals surface area contributed by atoms with Crippen molar-refractivity contribution in [1.82, 2.24) is 0 Å². The summed E-state index contributed by atoms with van der Waals surface area (Å²) in [5.74, 6) is -0.939. The van der Waals surface area contributed by atoms with Crippen molar-refractivity contribution in [2.45, 2.75) is 309 Å². The van der Waals surface area contributed by atoms with Gasteiger partial charge in [-0.3, -0.25) is 14.4 Å². The number of hydrogen-bond acceptors (Lipinski definition) is 6. The first-order valence-corrected chi connectivity index (χ1v) is 32.4. The monoisotopic (exact) mass is 1070 g/mol. The first-order valence-electron chi connectivity index (χ1n) is 32.4. The lowest BCUT2D eigenvalue weighted by Gasteiger charge is -2.18. The molecule has 0 saturated carbocycles. The molecule has 0 saturated heterocycles. The van der Waals surface area contributed by atoms with E-state index < -0.39 is 6.10 Å². The summed E-state index contributed by atoms with van der Waals surface area (Å²) in [7, 11) is 0. The summed E-state index contributed by atoms with van der Waals surface area (Å²) in [6, 6.07) is 0. The number of rotatable bonds is 58. The van der Waals surface area contributed by atoms with Crippen molar-refractivity contribution < 1.29 is 28.6 Å². The minimum Gasteiger partial charge on any atom is -0.462 e. The number of hydrogen-bond donors (Lipinski definition) is 0. The molecule has 0 heterocycles. The Morgan fingerprint density at radius 3 is 0.831 bits per heavy atom. The van der Waals surface area contributed by atoms with E-state index in [0.717, 1.165) is 109 Å². The molecule has 6 heteroatoms. The Hall–Kier alpha value is -3.93. The molecule has 0 rings (SSSR count). The zero-order valence-electron chi connectivity index (χ0n) is 50.4. The Bertz CT molecular complexity index is 1560. The van der Waals surface area contributed by atoms with Crippen LogP contribution in [0, 0.1) is 0 Å². The molecule has 0 amide bonds. The largest absolute Gasteiger partial charge is 0.462 e. The van der Waals surface area contributed by atoms with Crippen LogP contribution < -0.4 is 0 Å². The van der Waals surface area contributed by atoms with Gasteiger partial charge in [-0.1, -0.05) is 271 Å². The zero-order valence-corrected chi connectivity index (χ0v) is 50.4. The van der Waals surface area contributed by atoms with Crippen LogP contribution >= 0.6 is 0 Å². The van der Waals surface area contributed by atoms with Gasteiger partial charge in [-0.25, -0.2) is 0 Å². The highest BCUT2D eigenvalue weighted by atomic mass is 16.6. The van der Waals surface area contributed by atoms with Gasteiger partial charge in [0.25, 0.3) is 0 Å². The third-order valence-corrected chi connectivity index (χ3v) is 13.7. The normalized spacial score (nSPS) is 12.8. The summed E-state index contributed by atoms with van der Waals surface area (Å²) in [5.41, 5.74) is 0. The van der Waals surface area contributed by atoms with Crippen LogP contribution in [0.2, 0.25) is 0 Å². The van der Waals surface area contributed by atoms with Crippen LogP contribution in [-0.4, -0.2) is 37.2 Å². The Morgan fingerprint density at radius 2 is 0.506 bits per heavy atom. The van der Waals surface area contributed by atoms with E-state index in [-0.39, 0.29) is 37.5 Å². The maximum atomic E-state index is 12.9. The lowest BCUT2D eigenvalue weighted by molar-refractivity contribution is -0.167. The molecule has 0 aromatic rings. The molecule has 1 atom stereocenters. The summed E-state index contributed by atoms with van der Waals surface area (Å²) in [6.45, 7) is 6.37. The minimum atomic E-state index is -0.803. The second-order valence-corrected chi connectivity index (χ2v) is 21.3. The molecule has 0 aliphatic heterocycles. The number of ether oxygens (including phenoxy) is 3. The number of allylic oxidation sites excluding steroid dienone is 18. The van der Waals surface area contributed by atoms with Gasteiger partial charge in [-0.15, -0.1) is 0 Å². The molecule has 0 aliphatic rings. The molecule has 0 aliphatic carbocycles. The van der Waals surface area contributed by atoms with E-state index in [1.54, 1.807) is 0 Å². The fourth-order valence-corrected chi connectivity index (χ4v) is 8.95. The van der Waals surface area contributed by atoms with E-state index in [0.29, 0.717) is 19.3 Å². The molecular formula is C71H120O6. The van der Waals surface area contributed by atoms with Crippen LogP contribution in [0.25, 0.3) is 0 Å². The maximum absolute atomic E-state index is 12.9. The molecule has 0 spiro atoms. The van der Waals surface area contributed by atoms with Gasteiger partial charge in [-0.05, 0) is 122 Å². The van der Waals surface area contributed by atoms with E-state index in [1.165, 1.54) is 148 Å². The first kappa shape index (κ1) is 73.1. The standard InChI is InChI=1S/C71H120O6/c1-4-7-10-13-16-19-22-25-27-28-29-30-31-32-33-34-35-36-37-38-39-40-41-42-44-46-49-52-55-58-61-64-70(73)76-67-68(66-75-69(72)63-60-57-54-51-48-45-24-21-18-15-12-9-6-3)77-71(74)65-62-59-56-53-50-47-43-26-23-20-17-14-11-8-5-2/h7-8,10-11,16-17,19-21,24-27,29-30,43,50,53,68H,4-6,9,12-15,18,22-23,28,31-42,44-49,51-52,54-67H2,1-3H3/b10-7-,11-8-,19-16-,20-17-,24-21-,27-25-,30-29-,43-26-,53-50-. The molecule has 0 aromatic heterocycles. The molecule has 6 nitrogen and oxygen atoms in total. The van der Waals surface area contributed by atoms with Crippen molar-refractivity contribution in [3.05, 3.63) is 109 Å². The van der Waals surface area contributed by atoms with E-state index >= 15 is 0 Å². The molecular weight excluding hydrogens is 949 g/mol. The van der Waals surface area contributed by atoms with Crippen LogP contribution in [-0.2, 0) is 28.6 Å². The Balaban J connectivity index is 4.21. The van der Waals surface area contributed by atoms with Gasteiger partial charge >= 0.3 is 17.9 Å². The molecule has 0 fully saturated rings. The average Bonchev–Trinajstić information content (AvgIpc) is 3.43. The van der Waals surface area contributed by atoms with Gasteiger partial charge < -0.3 is 14.2 Å². The lowest BCUT2D eigenvalue weighted by Crippen LogP contribution is -2.30. The zero-order chi connectivity index (χ0) is 55.7. The quantitative estimate of drug-likeness (QED) is 0.0261. The number of unbranched alkanes of at least 4 members (excludes halogenated alkanes) is 29. The van der Waals surface area contributed by atoms with Gasteiger partial charge in [0.1, 0.15) is 13.2 Å².